The predicted molar refractivity (Wildman–Crippen MR) is 89.8 cm³/mol. The van der Waals surface area contributed by atoms with Crippen molar-refractivity contribution in [3.63, 3.8) is 0 Å². The molecule has 0 aliphatic carbocycles. The minimum Gasteiger partial charge on any atom is -0.362 e. The fraction of sp³-hybridized carbons (Fsp3) is 0.647. The van der Waals surface area contributed by atoms with Crippen molar-refractivity contribution in [3.05, 3.63) is 23.9 Å². The van der Waals surface area contributed by atoms with E-state index in [0.717, 1.165) is 24.5 Å². The van der Waals surface area contributed by atoms with Gasteiger partial charge in [0, 0.05) is 38.8 Å². The minimum absolute atomic E-state index is 0.139. The molecule has 1 aromatic rings. The number of nitrogens with one attached hydrogen (secondary N) is 2. The third-order valence-electron chi connectivity index (χ3n) is 4.46. The summed E-state index contributed by atoms with van der Waals surface area (Å²) in [6.45, 7) is 4.90. The van der Waals surface area contributed by atoms with Gasteiger partial charge in [-0.25, -0.2) is 4.98 Å². The van der Waals surface area contributed by atoms with E-state index in [4.69, 9.17) is 0 Å². The van der Waals surface area contributed by atoms with E-state index in [0.29, 0.717) is 24.8 Å². The normalized spacial score (nSPS) is 17.0. The zero-order valence-electron chi connectivity index (χ0n) is 13.9. The predicted octanol–water partition coefficient (Wildman–Crippen LogP) is 1.79. The highest BCUT2D eigenvalue weighted by Crippen LogP contribution is 2.24. The van der Waals surface area contributed by atoms with Crippen molar-refractivity contribution in [1.29, 1.82) is 0 Å². The molecule has 2 rings (SSSR count). The highest BCUT2D eigenvalue weighted by Gasteiger charge is 2.22. The molecular weight excluding hydrogens is 276 g/mol. The first-order valence-electron chi connectivity index (χ1n) is 8.16. The molecule has 0 radical (unpaired) electrons. The summed E-state index contributed by atoms with van der Waals surface area (Å²) in [4.78, 5) is 18.5. The largest absolute Gasteiger partial charge is 0.362 e. The quantitative estimate of drug-likeness (QED) is 0.841. The molecule has 1 aliphatic heterocycles. The molecule has 0 bridgehead atoms. The average Bonchev–Trinajstić information content (AvgIpc) is 2.54. The Kier molecular flexibility index (Phi) is 6.19. The summed E-state index contributed by atoms with van der Waals surface area (Å²) < 4.78 is 0. The van der Waals surface area contributed by atoms with Crippen LogP contribution in [0.3, 0.4) is 0 Å². The van der Waals surface area contributed by atoms with Gasteiger partial charge in [0.25, 0.3) is 0 Å². The van der Waals surface area contributed by atoms with E-state index in [2.05, 4.69) is 22.5 Å². The van der Waals surface area contributed by atoms with Crippen LogP contribution in [0.1, 0.15) is 31.7 Å². The second-order valence-corrected chi connectivity index (χ2v) is 6.43. The van der Waals surface area contributed by atoms with Gasteiger partial charge in [0.05, 0.1) is 0 Å². The number of aromatic nitrogens is 1. The van der Waals surface area contributed by atoms with Gasteiger partial charge in [-0.1, -0.05) is 13.0 Å². The van der Waals surface area contributed by atoms with Gasteiger partial charge in [0.1, 0.15) is 5.82 Å². The third-order valence-corrected chi connectivity index (χ3v) is 4.46. The first-order valence-corrected chi connectivity index (χ1v) is 8.16. The van der Waals surface area contributed by atoms with Crippen molar-refractivity contribution in [1.82, 2.24) is 15.6 Å². The highest BCUT2D eigenvalue weighted by atomic mass is 16.1. The fourth-order valence-corrected chi connectivity index (χ4v) is 3.11. The number of hydrogen-bond donors (Lipinski definition) is 2. The third kappa shape index (κ3) is 4.70. The Hall–Kier alpha value is -1.62. The molecule has 1 aliphatic rings. The summed E-state index contributed by atoms with van der Waals surface area (Å²) in [7, 11) is 3.93. The van der Waals surface area contributed by atoms with Crippen LogP contribution in [0.25, 0.3) is 0 Å². The molecule has 1 fully saturated rings. The lowest BCUT2D eigenvalue weighted by atomic mass is 9.84. The summed E-state index contributed by atoms with van der Waals surface area (Å²) in [5.74, 6) is 2.17. The Morgan fingerprint density at radius 3 is 2.86 bits per heavy atom. The number of nitrogens with zero attached hydrogens (tertiary/aromatic N) is 2. The number of rotatable bonds is 6. The lowest BCUT2D eigenvalue weighted by Crippen LogP contribution is -2.33. The van der Waals surface area contributed by atoms with Crippen LogP contribution in [-0.4, -0.2) is 38.1 Å². The van der Waals surface area contributed by atoms with Crippen LogP contribution in [0, 0.1) is 11.8 Å². The van der Waals surface area contributed by atoms with Crippen LogP contribution >= 0.6 is 0 Å². The summed E-state index contributed by atoms with van der Waals surface area (Å²) in [6, 6.07) is 3.92. The smallest absolute Gasteiger partial charge is 0.220 e. The number of amides is 1. The monoisotopic (exact) mass is 304 g/mol. The summed E-state index contributed by atoms with van der Waals surface area (Å²) in [6.07, 6.45) is 4.76. The maximum atomic E-state index is 12.2. The maximum Gasteiger partial charge on any atom is 0.220 e. The molecule has 22 heavy (non-hydrogen) atoms. The number of pyridine rings is 1. The van der Waals surface area contributed by atoms with Crippen LogP contribution < -0.4 is 15.5 Å². The van der Waals surface area contributed by atoms with Crippen LogP contribution in [0.4, 0.5) is 5.82 Å². The Morgan fingerprint density at radius 1 is 1.45 bits per heavy atom. The SMILES string of the molecule is CC(CC(=O)NCc1cccnc1N(C)C)C1CCNCC1. The van der Waals surface area contributed by atoms with Gasteiger partial charge in [-0.3, -0.25) is 4.79 Å². The zero-order chi connectivity index (χ0) is 15.9. The number of carbonyl (C=O) groups excluding carboxylic acids is 1. The average molecular weight is 304 g/mol. The molecular formula is C17H28N4O. The number of hydrogen-bond acceptors (Lipinski definition) is 4. The van der Waals surface area contributed by atoms with E-state index < -0.39 is 0 Å². The van der Waals surface area contributed by atoms with Crippen LogP contribution in [-0.2, 0) is 11.3 Å². The molecule has 0 aromatic carbocycles. The van der Waals surface area contributed by atoms with Crippen molar-refractivity contribution in [2.24, 2.45) is 11.8 Å². The lowest BCUT2D eigenvalue weighted by molar-refractivity contribution is -0.122. The van der Waals surface area contributed by atoms with E-state index >= 15 is 0 Å². The standard InChI is InChI=1S/C17H28N4O/c1-13(14-6-9-18-10-7-14)11-16(22)20-12-15-5-4-8-19-17(15)21(2)3/h4-5,8,13-14,18H,6-7,9-12H2,1-3H3,(H,20,22). The zero-order valence-corrected chi connectivity index (χ0v) is 13.9. The fourth-order valence-electron chi connectivity index (χ4n) is 3.11. The molecule has 1 atom stereocenters. The molecule has 1 saturated heterocycles. The Labute approximate surface area is 133 Å². The second-order valence-electron chi connectivity index (χ2n) is 6.43. The first kappa shape index (κ1) is 16.7. The second kappa shape index (κ2) is 8.13. The minimum atomic E-state index is 0.139. The molecule has 1 amide bonds. The number of anilines is 1. The van der Waals surface area contributed by atoms with Crippen molar-refractivity contribution in [2.45, 2.75) is 32.7 Å². The first-order chi connectivity index (χ1) is 10.6. The van der Waals surface area contributed by atoms with Gasteiger partial charge in [-0.15, -0.1) is 0 Å². The topological polar surface area (TPSA) is 57.3 Å². The van der Waals surface area contributed by atoms with E-state index in [1.54, 1.807) is 6.20 Å². The van der Waals surface area contributed by atoms with E-state index in [1.807, 2.05) is 31.1 Å². The van der Waals surface area contributed by atoms with Gasteiger partial charge >= 0.3 is 0 Å². The Morgan fingerprint density at radius 2 is 2.18 bits per heavy atom. The molecule has 2 heterocycles. The Balaban J connectivity index is 1.82. The molecule has 0 saturated carbocycles. The Bertz CT molecular complexity index is 483. The molecule has 1 unspecified atom stereocenters. The van der Waals surface area contributed by atoms with Crippen LogP contribution in [0.5, 0.6) is 0 Å². The summed E-state index contributed by atoms with van der Waals surface area (Å²) in [5.41, 5.74) is 1.05. The van der Waals surface area contributed by atoms with Gasteiger partial charge in [-0.2, -0.15) is 0 Å². The molecule has 5 nitrogen and oxygen atoms in total. The van der Waals surface area contributed by atoms with E-state index in [9.17, 15) is 4.79 Å². The van der Waals surface area contributed by atoms with Gasteiger partial charge < -0.3 is 15.5 Å². The van der Waals surface area contributed by atoms with E-state index in [1.165, 1.54) is 12.8 Å². The van der Waals surface area contributed by atoms with Crippen molar-refractivity contribution in [3.8, 4) is 0 Å². The highest BCUT2D eigenvalue weighted by molar-refractivity contribution is 5.76. The number of piperidine rings is 1. The van der Waals surface area contributed by atoms with Gasteiger partial charge in [-0.05, 0) is 43.8 Å². The van der Waals surface area contributed by atoms with Crippen molar-refractivity contribution >= 4 is 11.7 Å². The van der Waals surface area contributed by atoms with E-state index in [-0.39, 0.29) is 5.91 Å². The van der Waals surface area contributed by atoms with Crippen LogP contribution in [0.2, 0.25) is 0 Å². The van der Waals surface area contributed by atoms with Crippen molar-refractivity contribution in [2.75, 3.05) is 32.1 Å². The molecule has 5 heteroatoms. The summed E-state index contributed by atoms with van der Waals surface area (Å²) >= 11 is 0. The number of carbonyl (C=O) groups is 1. The van der Waals surface area contributed by atoms with Crippen LogP contribution in [0.15, 0.2) is 18.3 Å². The van der Waals surface area contributed by atoms with Gasteiger partial charge in [0.15, 0.2) is 0 Å². The summed E-state index contributed by atoms with van der Waals surface area (Å²) in [5, 5.41) is 6.42. The van der Waals surface area contributed by atoms with Crippen molar-refractivity contribution < 1.29 is 4.79 Å². The lowest BCUT2D eigenvalue weighted by Gasteiger charge is -2.28. The molecule has 2 N–H and O–H groups in total. The molecule has 122 valence electrons. The van der Waals surface area contributed by atoms with Gasteiger partial charge in [0.2, 0.25) is 5.91 Å². The molecule has 0 spiro atoms. The molecule has 1 aromatic heterocycles. The maximum absolute atomic E-state index is 12.2.